The fourth-order valence-corrected chi connectivity index (χ4v) is 3.61. The summed E-state index contributed by atoms with van der Waals surface area (Å²) in [7, 11) is 0. The third kappa shape index (κ3) is 6.45. The molecule has 1 aliphatic heterocycles. The second-order valence-corrected chi connectivity index (χ2v) is 7.95. The number of piperidine rings is 1. The Morgan fingerprint density at radius 2 is 2.09 bits per heavy atom. The van der Waals surface area contributed by atoms with Gasteiger partial charge < -0.3 is 4.90 Å². The SMILES string of the molecule is C=C/C=C\C(C(=O)N1CCC(C#N)(C/C(C=NC(=C)C)=C/C)CC1)=C(/C)c1ccncn1. The lowest BCUT2D eigenvalue weighted by Crippen LogP contribution is -2.43. The van der Waals surface area contributed by atoms with Gasteiger partial charge in [0, 0.05) is 36.8 Å². The van der Waals surface area contributed by atoms with E-state index in [0.717, 1.165) is 16.8 Å². The molecule has 0 aromatic carbocycles. The Hall–Kier alpha value is -3.59. The fraction of sp³-hybridized carbons (Fsp3) is 0.346. The maximum atomic E-state index is 13.4. The molecule has 0 N–H and O–H groups in total. The molecule has 0 saturated carbocycles. The lowest BCUT2D eigenvalue weighted by Gasteiger charge is -2.38. The van der Waals surface area contributed by atoms with Gasteiger partial charge in [0.2, 0.25) is 0 Å². The van der Waals surface area contributed by atoms with Gasteiger partial charge in [0.1, 0.15) is 6.33 Å². The minimum absolute atomic E-state index is 0.0687. The Kier molecular flexibility index (Phi) is 9.03. The van der Waals surface area contributed by atoms with E-state index in [0.29, 0.717) is 43.6 Å². The van der Waals surface area contributed by atoms with Crippen molar-refractivity contribution in [2.75, 3.05) is 13.1 Å². The molecule has 1 fully saturated rings. The minimum atomic E-state index is -0.512. The van der Waals surface area contributed by atoms with Crippen LogP contribution in [0.25, 0.3) is 5.57 Å². The van der Waals surface area contributed by atoms with E-state index in [1.54, 1.807) is 36.7 Å². The van der Waals surface area contributed by atoms with Crippen LogP contribution in [0.15, 0.2) is 77.9 Å². The van der Waals surface area contributed by atoms with Gasteiger partial charge in [0.15, 0.2) is 0 Å². The van der Waals surface area contributed by atoms with E-state index in [1.807, 2.05) is 31.7 Å². The largest absolute Gasteiger partial charge is 0.339 e. The van der Waals surface area contributed by atoms with Crippen molar-refractivity contribution >= 4 is 17.7 Å². The molecule has 0 radical (unpaired) electrons. The Labute approximate surface area is 191 Å². The summed E-state index contributed by atoms with van der Waals surface area (Å²) in [6, 6.07) is 4.31. The number of carbonyl (C=O) groups excluding carboxylic acids is 1. The molecule has 0 atom stereocenters. The van der Waals surface area contributed by atoms with Gasteiger partial charge in [-0.2, -0.15) is 5.26 Å². The first-order chi connectivity index (χ1) is 15.4. The number of hydrogen-bond donors (Lipinski definition) is 0. The number of rotatable bonds is 8. The monoisotopic (exact) mass is 429 g/mol. The molecular formula is C26H31N5O. The van der Waals surface area contributed by atoms with E-state index >= 15 is 0 Å². The standard InChI is InChI=1S/C26H31N5O/c1-6-8-9-23(21(5)24-10-13-28-19-30-24)25(32)31-14-11-26(18-27,12-15-31)16-22(7-2)17-29-20(3)4/h6-10,13,17,19H,1,3,11-12,14-16H2,2,4-5H3/b9-8-,22-7-,23-21-,29-17?. The predicted molar refractivity (Wildman–Crippen MR) is 130 cm³/mol. The topological polar surface area (TPSA) is 82.2 Å². The highest BCUT2D eigenvalue weighted by molar-refractivity contribution is 6.03. The maximum Gasteiger partial charge on any atom is 0.254 e. The number of amides is 1. The van der Waals surface area contributed by atoms with Crippen LogP contribution < -0.4 is 0 Å². The maximum absolute atomic E-state index is 13.4. The Bertz CT molecular complexity index is 1000. The zero-order chi connectivity index (χ0) is 23.6. The van der Waals surface area contributed by atoms with Gasteiger partial charge in [-0.25, -0.2) is 9.97 Å². The summed E-state index contributed by atoms with van der Waals surface area (Å²) in [4.78, 5) is 27.7. The molecule has 0 aliphatic carbocycles. The van der Waals surface area contributed by atoms with Crippen LogP contribution in [0.4, 0.5) is 0 Å². The molecule has 1 saturated heterocycles. The van der Waals surface area contributed by atoms with Gasteiger partial charge >= 0.3 is 0 Å². The van der Waals surface area contributed by atoms with Crippen molar-refractivity contribution in [3.8, 4) is 6.07 Å². The second kappa shape index (κ2) is 11.7. The summed E-state index contributed by atoms with van der Waals surface area (Å²) in [6.45, 7) is 14.2. The first kappa shape index (κ1) is 24.7. The predicted octanol–water partition coefficient (Wildman–Crippen LogP) is 5.07. The van der Waals surface area contributed by atoms with Crippen LogP contribution in [-0.4, -0.2) is 40.1 Å². The molecule has 1 aromatic rings. The van der Waals surface area contributed by atoms with Gasteiger partial charge in [-0.1, -0.05) is 31.4 Å². The number of carbonyl (C=O) groups is 1. The molecule has 1 aromatic heterocycles. The van der Waals surface area contributed by atoms with Gasteiger partial charge in [-0.05, 0) is 63.3 Å². The van der Waals surface area contributed by atoms with Crippen LogP contribution >= 0.6 is 0 Å². The average molecular weight is 430 g/mol. The van der Waals surface area contributed by atoms with Crippen LogP contribution in [0.5, 0.6) is 0 Å². The number of aromatic nitrogens is 2. The van der Waals surface area contributed by atoms with E-state index in [2.05, 4.69) is 34.2 Å². The lowest BCUT2D eigenvalue weighted by atomic mass is 9.75. The minimum Gasteiger partial charge on any atom is -0.339 e. The molecule has 0 unspecified atom stereocenters. The van der Waals surface area contributed by atoms with Crippen molar-refractivity contribution in [2.24, 2.45) is 10.4 Å². The number of likely N-dealkylation sites (tertiary alicyclic amines) is 1. The van der Waals surface area contributed by atoms with Crippen LogP contribution in [0, 0.1) is 16.7 Å². The fourth-order valence-electron chi connectivity index (χ4n) is 3.61. The average Bonchev–Trinajstić information content (AvgIpc) is 2.82. The third-order valence-electron chi connectivity index (χ3n) is 5.61. The van der Waals surface area contributed by atoms with Gasteiger partial charge in [-0.3, -0.25) is 9.79 Å². The smallest absolute Gasteiger partial charge is 0.254 e. The van der Waals surface area contributed by atoms with E-state index in [-0.39, 0.29) is 5.91 Å². The van der Waals surface area contributed by atoms with E-state index in [1.165, 1.54) is 6.33 Å². The zero-order valence-electron chi connectivity index (χ0n) is 19.2. The van der Waals surface area contributed by atoms with Crippen molar-refractivity contribution in [3.05, 3.63) is 78.6 Å². The number of nitrogens with zero attached hydrogens (tertiary/aromatic N) is 5. The van der Waals surface area contributed by atoms with Gasteiger partial charge in [0.25, 0.3) is 5.91 Å². The molecule has 2 heterocycles. The Morgan fingerprint density at radius 3 is 2.62 bits per heavy atom. The highest BCUT2D eigenvalue weighted by Crippen LogP contribution is 2.37. The normalized spacial score (nSPS) is 17.2. The zero-order valence-corrected chi connectivity index (χ0v) is 19.2. The highest BCUT2D eigenvalue weighted by Gasteiger charge is 2.37. The molecule has 1 amide bonds. The second-order valence-electron chi connectivity index (χ2n) is 7.95. The number of allylic oxidation sites excluding steroid dienone is 6. The molecule has 0 bridgehead atoms. The Balaban J connectivity index is 2.21. The summed E-state index contributed by atoms with van der Waals surface area (Å²) < 4.78 is 0. The molecule has 32 heavy (non-hydrogen) atoms. The van der Waals surface area contributed by atoms with E-state index < -0.39 is 5.41 Å². The first-order valence-corrected chi connectivity index (χ1v) is 10.7. The highest BCUT2D eigenvalue weighted by atomic mass is 16.2. The van der Waals surface area contributed by atoms with Crippen LogP contribution in [0.2, 0.25) is 0 Å². The molecule has 6 nitrogen and oxygen atoms in total. The van der Waals surface area contributed by atoms with E-state index in [4.69, 9.17) is 0 Å². The quantitative estimate of drug-likeness (QED) is 0.328. The molecule has 6 heteroatoms. The molecule has 0 spiro atoms. The molecule has 166 valence electrons. The summed E-state index contributed by atoms with van der Waals surface area (Å²) in [5, 5.41) is 9.96. The molecule has 1 aliphatic rings. The first-order valence-electron chi connectivity index (χ1n) is 10.7. The summed E-state index contributed by atoms with van der Waals surface area (Å²) in [5.41, 5.74) is 3.26. The van der Waals surface area contributed by atoms with Crippen LogP contribution in [0.3, 0.4) is 0 Å². The summed E-state index contributed by atoms with van der Waals surface area (Å²) in [5.74, 6) is -0.0687. The van der Waals surface area contributed by atoms with Crippen LogP contribution in [-0.2, 0) is 4.79 Å². The Morgan fingerprint density at radius 1 is 1.38 bits per heavy atom. The van der Waals surface area contributed by atoms with Crippen molar-refractivity contribution in [1.82, 2.24) is 14.9 Å². The number of nitriles is 1. The van der Waals surface area contributed by atoms with E-state index in [9.17, 15) is 10.1 Å². The van der Waals surface area contributed by atoms with Gasteiger partial charge in [0.05, 0.1) is 17.2 Å². The van der Waals surface area contributed by atoms with Crippen LogP contribution in [0.1, 0.15) is 45.7 Å². The van der Waals surface area contributed by atoms with Crippen molar-refractivity contribution in [3.63, 3.8) is 0 Å². The van der Waals surface area contributed by atoms with Crippen molar-refractivity contribution in [1.29, 1.82) is 5.26 Å². The number of aliphatic imine (C=N–C) groups is 1. The number of hydrogen-bond acceptors (Lipinski definition) is 5. The summed E-state index contributed by atoms with van der Waals surface area (Å²) >= 11 is 0. The third-order valence-corrected chi connectivity index (χ3v) is 5.61. The van der Waals surface area contributed by atoms with Gasteiger partial charge in [-0.15, -0.1) is 0 Å². The summed E-state index contributed by atoms with van der Waals surface area (Å²) in [6.07, 6.45) is 13.9. The van der Waals surface area contributed by atoms with Crippen molar-refractivity contribution < 1.29 is 4.79 Å². The van der Waals surface area contributed by atoms with Crippen molar-refractivity contribution in [2.45, 2.75) is 40.0 Å². The lowest BCUT2D eigenvalue weighted by molar-refractivity contribution is -0.128. The molecular weight excluding hydrogens is 398 g/mol. The molecule has 2 rings (SSSR count).